The molecule has 0 saturated carbocycles. The Morgan fingerprint density at radius 3 is 2.59 bits per heavy atom. The van der Waals surface area contributed by atoms with Crippen LogP contribution in [0.25, 0.3) is 0 Å². The highest BCUT2D eigenvalue weighted by atomic mass is 16.5. The van der Waals surface area contributed by atoms with Gasteiger partial charge in [-0.05, 0) is 30.7 Å². The van der Waals surface area contributed by atoms with Crippen molar-refractivity contribution in [3.63, 3.8) is 0 Å². The van der Waals surface area contributed by atoms with Gasteiger partial charge in [-0.15, -0.1) is 0 Å². The average molecular weight is 301 g/mol. The quantitative estimate of drug-likeness (QED) is 0.818. The number of unbranched alkanes of at least 4 members (excludes halogenated alkanes) is 1. The molecule has 0 unspecified atom stereocenters. The van der Waals surface area contributed by atoms with E-state index in [-0.39, 0.29) is 0 Å². The molecule has 1 aromatic heterocycles. The van der Waals surface area contributed by atoms with Crippen molar-refractivity contribution in [2.45, 2.75) is 19.8 Å². The van der Waals surface area contributed by atoms with Crippen LogP contribution in [0.5, 0.6) is 5.75 Å². The van der Waals surface area contributed by atoms with Gasteiger partial charge in [0.1, 0.15) is 17.8 Å². The van der Waals surface area contributed by atoms with E-state index in [2.05, 4.69) is 27.1 Å². The lowest BCUT2D eigenvalue weighted by Crippen LogP contribution is -2.21. The first kappa shape index (κ1) is 15.9. The van der Waals surface area contributed by atoms with Crippen molar-refractivity contribution in [1.29, 1.82) is 0 Å². The first-order chi connectivity index (χ1) is 10.7. The minimum absolute atomic E-state index is 0.553. The molecule has 0 amide bonds. The minimum atomic E-state index is 0.553. The molecule has 2 rings (SSSR count). The van der Waals surface area contributed by atoms with E-state index in [0.29, 0.717) is 11.5 Å². The first-order valence-electron chi connectivity index (χ1n) is 7.38. The van der Waals surface area contributed by atoms with Crippen LogP contribution in [-0.4, -0.2) is 30.7 Å². The van der Waals surface area contributed by atoms with E-state index in [1.54, 1.807) is 7.11 Å². The largest absolute Gasteiger partial charge is 0.497 e. The summed E-state index contributed by atoms with van der Waals surface area (Å²) in [6.45, 7) is 3.08. The Hall–Kier alpha value is -2.50. The van der Waals surface area contributed by atoms with Gasteiger partial charge < -0.3 is 20.7 Å². The number of hydrogen-bond donors (Lipinski definition) is 2. The van der Waals surface area contributed by atoms with Gasteiger partial charge in [0, 0.05) is 19.3 Å². The van der Waals surface area contributed by atoms with Gasteiger partial charge in [0.2, 0.25) is 0 Å². The van der Waals surface area contributed by atoms with Crippen LogP contribution in [0, 0.1) is 0 Å². The molecule has 2 aromatic rings. The van der Waals surface area contributed by atoms with Gasteiger partial charge in [-0.25, -0.2) is 9.97 Å². The molecule has 0 spiro atoms. The number of methoxy groups -OCH3 is 1. The fourth-order valence-electron chi connectivity index (χ4n) is 2.10. The lowest BCUT2D eigenvalue weighted by molar-refractivity contribution is 0.415. The molecule has 6 heteroatoms. The molecule has 0 saturated heterocycles. The Morgan fingerprint density at radius 1 is 1.23 bits per heavy atom. The summed E-state index contributed by atoms with van der Waals surface area (Å²) >= 11 is 0. The second-order valence-electron chi connectivity index (χ2n) is 5.09. The van der Waals surface area contributed by atoms with Crippen molar-refractivity contribution in [2.75, 3.05) is 36.7 Å². The van der Waals surface area contributed by atoms with Gasteiger partial charge in [-0.2, -0.15) is 0 Å². The first-order valence-corrected chi connectivity index (χ1v) is 7.38. The normalized spacial score (nSPS) is 10.3. The van der Waals surface area contributed by atoms with Crippen molar-refractivity contribution in [3.05, 3.63) is 30.6 Å². The predicted molar refractivity (Wildman–Crippen MR) is 90.9 cm³/mol. The molecule has 1 aromatic carbocycles. The molecule has 0 atom stereocenters. The summed E-state index contributed by atoms with van der Waals surface area (Å²) in [5.41, 5.74) is 7.66. The molecule has 22 heavy (non-hydrogen) atoms. The monoisotopic (exact) mass is 301 g/mol. The summed E-state index contributed by atoms with van der Waals surface area (Å²) in [6.07, 6.45) is 3.76. The van der Waals surface area contributed by atoms with E-state index in [1.807, 2.05) is 31.3 Å². The number of benzene rings is 1. The van der Waals surface area contributed by atoms with E-state index in [1.165, 1.54) is 6.33 Å². The standard InChI is InChI=1S/C16H23N5O/c1-4-5-10-21(2)16-14(17)15(18-11-19-16)20-12-6-8-13(22-3)9-7-12/h6-9,11H,4-5,10,17H2,1-3H3,(H,18,19,20). The SMILES string of the molecule is CCCCN(C)c1ncnc(Nc2ccc(OC)cc2)c1N. The smallest absolute Gasteiger partial charge is 0.159 e. The van der Waals surface area contributed by atoms with Gasteiger partial charge >= 0.3 is 0 Å². The van der Waals surface area contributed by atoms with Crippen LogP contribution >= 0.6 is 0 Å². The molecular weight excluding hydrogens is 278 g/mol. The second kappa shape index (κ2) is 7.49. The van der Waals surface area contributed by atoms with E-state index in [0.717, 1.165) is 36.6 Å². The number of anilines is 4. The maximum absolute atomic E-state index is 6.21. The van der Waals surface area contributed by atoms with Crippen LogP contribution in [0.4, 0.5) is 23.0 Å². The zero-order chi connectivity index (χ0) is 15.9. The summed E-state index contributed by atoms with van der Waals surface area (Å²) in [5.74, 6) is 2.17. The molecule has 3 N–H and O–H groups in total. The summed E-state index contributed by atoms with van der Waals surface area (Å²) in [6, 6.07) is 7.60. The van der Waals surface area contributed by atoms with Crippen molar-refractivity contribution < 1.29 is 4.74 Å². The molecule has 1 heterocycles. The van der Waals surface area contributed by atoms with Crippen LogP contribution in [0.15, 0.2) is 30.6 Å². The maximum Gasteiger partial charge on any atom is 0.159 e. The fourth-order valence-corrected chi connectivity index (χ4v) is 2.10. The Labute approximate surface area is 131 Å². The number of nitrogens with two attached hydrogens (primary N) is 1. The highest BCUT2D eigenvalue weighted by Crippen LogP contribution is 2.28. The van der Waals surface area contributed by atoms with Crippen molar-refractivity contribution in [3.8, 4) is 5.75 Å². The lowest BCUT2D eigenvalue weighted by Gasteiger charge is -2.20. The van der Waals surface area contributed by atoms with E-state index in [4.69, 9.17) is 10.5 Å². The van der Waals surface area contributed by atoms with Crippen LogP contribution in [0.1, 0.15) is 19.8 Å². The molecule has 0 radical (unpaired) electrons. The fraction of sp³-hybridized carbons (Fsp3) is 0.375. The highest BCUT2D eigenvalue weighted by molar-refractivity contribution is 5.78. The van der Waals surface area contributed by atoms with Crippen molar-refractivity contribution >= 4 is 23.0 Å². The zero-order valence-corrected chi connectivity index (χ0v) is 13.3. The number of nitrogens with one attached hydrogen (secondary N) is 1. The van der Waals surface area contributed by atoms with Gasteiger partial charge in [0.25, 0.3) is 0 Å². The van der Waals surface area contributed by atoms with E-state index in [9.17, 15) is 0 Å². The molecule has 0 aliphatic heterocycles. The van der Waals surface area contributed by atoms with Crippen molar-refractivity contribution in [1.82, 2.24) is 9.97 Å². The number of hydrogen-bond acceptors (Lipinski definition) is 6. The Kier molecular flexibility index (Phi) is 5.41. The summed E-state index contributed by atoms with van der Waals surface area (Å²) in [7, 11) is 3.63. The van der Waals surface area contributed by atoms with Crippen LogP contribution in [-0.2, 0) is 0 Å². The second-order valence-corrected chi connectivity index (χ2v) is 5.09. The summed E-state index contributed by atoms with van der Waals surface area (Å²) < 4.78 is 5.15. The van der Waals surface area contributed by atoms with Gasteiger partial charge in [0.15, 0.2) is 11.6 Å². The molecular formula is C16H23N5O. The molecule has 0 bridgehead atoms. The van der Waals surface area contributed by atoms with Crippen LogP contribution in [0.3, 0.4) is 0 Å². The number of nitrogen functional groups attached to an aromatic ring is 1. The third-order valence-corrected chi connectivity index (χ3v) is 3.42. The Balaban J connectivity index is 2.17. The minimum Gasteiger partial charge on any atom is -0.497 e. The Morgan fingerprint density at radius 2 is 1.95 bits per heavy atom. The van der Waals surface area contributed by atoms with Gasteiger partial charge in [-0.1, -0.05) is 13.3 Å². The van der Waals surface area contributed by atoms with Gasteiger partial charge in [-0.3, -0.25) is 0 Å². The Bertz CT molecular complexity index is 600. The molecule has 6 nitrogen and oxygen atoms in total. The summed E-state index contributed by atoms with van der Waals surface area (Å²) in [5, 5.41) is 3.22. The third-order valence-electron chi connectivity index (χ3n) is 3.42. The predicted octanol–water partition coefficient (Wildman–Crippen LogP) is 3.05. The summed E-state index contributed by atoms with van der Waals surface area (Å²) in [4.78, 5) is 10.6. The van der Waals surface area contributed by atoms with E-state index < -0.39 is 0 Å². The van der Waals surface area contributed by atoms with Crippen molar-refractivity contribution in [2.24, 2.45) is 0 Å². The highest BCUT2D eigenvalue weighted by Gasteiger charge is 2.12. The number of nitrogens with zero attached hydrogens (tertiary/aromatic N) is 3. The molecule has 0 aliphatic rings. The number of aromatic nitrogens is 2. The van der Waals surface area contributed by atoms with Crippen LogP contribution in [0.2, 0.25) is 0 Å². The molecule has 118 valence electrons. The number of ether oxygens (including phenoxy) is 1. The zero-order valence-electron chi connectivity index (χ0n) is 13.3. The third kappa shape index (κ3) is 3.78. The lowest BCUT2D eigenvalue weighted by atomic mass is 10.3. The topological polar surface area (TPSA) is 76.3 Å². The molecule has 0 aliphatic carbocycles. The van der Waals surface area contributed by atoms with E-state index >= 15 is 0 Å². The van der Waals surface area contributed by atoms with Crippen LogP contribution < -0.4 is 20.7 Å². The number of rotatable bonds is 7. The van der Waals surface area contributed by atoms with Gasteiger partial charge in [0.05, 0.1) is 7.11 Å². The average Bonchev–Trinajstić information content (AvgIpc) is 2.55. The molecule has 0 fully saturated rings. The maximum atomic E-state index is 6.21.